The Bertz CT molecular complexity index is 989. The molecule has 0 saturated carbocycles. The SMILES string of the molecule is Cc1sc2nc(C[NH+]3CCCC3)nc(N3CCN(c4ncccn4)CC3)c2c1C. The molecule has 3 aromatic rings. The molecule has 5 rings (SSSR count). The van der Waals surface area contributed by atoms with E-state index in [0.29, 0.717) is 0 Å². The monoisotopic (exact) mass is 410 g/mol. The second kappa shape index (κ2) is 7.84. The van der Waals surface area contributed by atoms with Gasteiger partial charge in [0, 0.05) is 56.3 Å². The lowest BCUT2D eigenvalue weighted by Gasteiger charge is -2.35. The molecule has 2 saturated heterocycles. The lowest BCUT2D eigenvalue weighted by molar-refractivity contribution is -0.902. The number of piperazine rings is 1. The molecule has 152 valence electrons. The minimum Gasteiger partial charge on any atom is -0.352 e. The summed E-state index contributed by atoms with van der Waals surface area (Å²) in [4.78, 5) is 27.7. The number of quaternary nitrogens is 1. The van der Waals surface area contributed by atoms with Crippen molar-refractivity contribution in [3.8, 4) is 0 Å². The lowest BCUT2D eigenvalue weighted by atomic mass is 10.2. The first-order valence-corrected chi connectivity index (χ1v) is 11.4. The predicted octanol–water partition coefficient (Wildman–Crippen LogP) is 1.60. The maximum absolute atomic E-state index is 5.11. The van der Waals surface area contributed by atoms with Crippen LogP contribution in [0.15, 0.2) is 18.5 Å². The van der Waals surface area contributed by atoms with Crippen molar-refractivity contribution in [3.63, 3.8) is 0 Å². The quantitative estimate of drug-likeness (QED) is 0.705. The van der Waals surface area contributed by atoms with Crippen molar-refractivity contribution < 1.29 is 4.90 Å². The van der Waals surface area contributed by atoms with E-state index < -0.39 is 0 Å². The van der Waals surface area contributed by atoms with Crippen molar-refractivity contribution in [2.24, 2.45) is 0 Å². The van der Waals surface area contributed by atoms with Crippen LogP contribution in [0.3, 0.4) is 0 Å². The zero-order chi connectivity index (χ0) is 19.8. The Balaban J connectivity index is 1.43. The second-order valence-electron chi connectivity index (χ2n) is 8.08. The van der Waals surface area contributed by atoms with Crippen molar-refractivity contribution in [1.29, 1.82) is 0 Å². The van der Waals surface area contributed by atoms with E-state index in [1.165, 1.54) is 41.8 Å². The molecular weight excluding hydrogens is 382 g/mol. The summed E-state index contributed by atoms with van der Waals surface area (Å²) in [5, 5.41) is 1.25. The average Bonchev–Trinajstić information content (AvgIpc) is 3.36. The Morgan fingerprint density at radius 3 is 2.38 bits per heavy atom. The van der Waals surface area contributed by atoms with Gasteiger partial charge in [0.1, 0.15) is 17.2 Å². The first-order chi connectivity index (χ1) is 14.2. The standard InChI is InChI=1S/C21H27N7S/c1-15-16(2)29-20-18(15)19(24-17(25-20)14-26-8-3-4-9-26)27-10-12-28(13-11-27)21-22-6-5-7-23-21/h5-7H,3-4,8-14H2,1-2H3/p+1. The summed E-state index contributed by atoms with van der Waals surface area (Å²) in [6, 6.07) is 1.86. The van der Waals surface area contributed by atoms with Crippen LogP contribution in [0.1, 0.15) is 29.1 Å². The summed E-state index contributed by atoms with van der Waals surface area (Å²) >= 11 is 1.81. The van der Waals surface area contributed by atoms with Gasteiger partial charge in [-0.1, -0.05) is 0 Å². The molecule has 0 aromatic carbocycles. The van der Waals surface area contributed by atoms with Gasteiger partial charge in [0.05, 0.1) is 18.5 Å². The minimum absolute atomic E-state index is 0.820. The van der Waals surface area contributed by atoms with E-state index in [1.807, 2.05) is 29.8 Å². The highest BCUT2D eigenvalue weighted by Crippen LogP contribution is 2.35. The molecular formula is C21H28N7S+. The zero-order valence-corrected chi connectivity index (χ0v) is 18.0. The van der Waals surface area contributed by atoms with Crippen molar-refractivity contribution >= 4 is 33.3 Å². The number of fused-ring (bicyclic) bond motifs is 1. The fourth-order valence-electron chi connectivity index (χ4n) is 4.43. The van der Waals surface area contributed by atoms with E-state index in [2.05, 4.69) is 33.6 Å². The smallest absolute Gasteiger partial charge is 0.225 e. The molecule has 0 spiro atoms. The summed E-state index contributed by atoms with van der Waals surface area (Å²) < 4.78 is 0. The van der Waals surface area contributed by atoms with Gasteiger partial charge in [-0.2, -0.15) is 0 Å². The zero-order valence-electron chi connectivity index (χ0n) is 17.2. The molecule has 2 aliphatic heterocycles. The minimum atomic E-state index is 0.820. The van der Waals surface area contributed by atoms with Crippen LogP contribution >= 0.6 is 11.3 Å². The van der Waals surface area contributed by atoms with Crippen LogP contribution < -0.4 is 14.7 Å². The molecule has 0 amide bonds. The number of nitrogens with one attached hydrogen (secondary N) is 1. The second-order valence-corrected chi connectivity index (χ2v) is 9.29. The first-order valence-electron chi connectivity index (χ1n) is 10.6. The van der Waals surface area contributed by atoms with Crippen molar-refractivity contribution in [2.45, 2.75) is 33.2 Å². The first kappa shape index (κ1) is 18.7. The molecule has 0 aliphatic carbocycles. The maximum Gasteiger partial charge on any atom is 0.225 e. The number of rotatable bonds is 4. The number of aromatic nitrogens is 4. The molecule has 0 unspecified atom stereocenters. The molecule has 7 nitrogen and oxygen atoms in total. The van der Waals surface area contributed by atoms with Crippen molar-refractivity contribution in [2.75, 3.05) is 49.1 Å². The van der Waals surface area contributed by atoms with E-state index in [0.717, 1.165) is 55.1 Å². The summed E-state index contributed by atoms with van der Waals surface area (Å²) in [6.45, 7) is 11.5. The number of hydrogen-bond donors (Lipinski definition) is 1. The van der Waals surface area contributed by atoms with Gasteiger partial charge in [-0.3, -0.25) is 0 Å². The predicted molar refractivity (Wildman–Crippen MR) is 117 cm³/mol. The van der Waals surface area contributed by atoms with Gasteiger partial charge in [0.2, 0.25) is 5.95 Å². The van der Waals surface area contributed by atoms with Gasteiger partial charge in [-0.25, -0.2) is 19.9 Å². The van der Waals surface area contributed by atoms with Crippen molar-refractivity contribution in [3.05, 3.63) is 34.7 Å². The third-order valence-corrected chi connectivity index (χ3v) is 7.29. The largest absolute Gasteiger partial charge is 0.352 e. The van der Waals surface area contributed by atoms with Crippen LogP contribution in [0.5, 0.6) is 0 Å². The van der Waals surface area contributed by atoms with Gasteiger partial charge in [0.15, 0.2) is 5.82 Å². The summed E-state index contributed by atoms with van der Waals surface area (Å²) in [7, 11) is 0. The third-order valence-electron chi connectivity index (χ3n) is 6.19. The Morgan fingerprint density at radius 2 is 1.66 bits per heavy atom. The summed E-state index contributed by atoms with van der Waals surface area (Å²) in [5.41, 5.74) is 1.33. The molecule has 8 heteroatoms. The van der Waals surface area contributed by atoms with Crippen LogP contribution in [-0.4, -0.2) is 59.2 Å². The van der Waals surface area contributed by atoms with Gasteiger partial charge in [-0.15, -0.1) is 11.3 Å². The molecule has 0 radical (unpaired) electrons. The molecule has 0 bridgehead atoms. The van der Waals surface area contributed by atoms with Crippen LogP contribution in [0.25, 0.3) is 10.2 Å². The van der Waals surface area contributed by atoms with Crippen LogP contribution in [0, 0.1) is 13.8 Å². The van der Waals surface area contributed by atoms with E-state index in [9.17, 15) is 0 Å². The number of aryl methyl sites for hydroxylation is 2. The Hall–Kier alpha value is -2.32. The molecule has 0 atom stereocenters. The topological polar surface area (TPSA) is 62.5 Å². The third kappa shape index (κ3) is 3.67. The number of nitrogens with zero attached hydrogens (tertiary/aromatic N) is 6. The van der Waals surface area contributed by atoms with Crippen molar-refractivity contribution in [1.82, 2.24) is 19.9 Å². The van der Waals surface area contributed by atoms with E-state index in [1.54, 1.807) is 4.90 Å². The van der Waals surface area contributed by atoms with Gasteiger partial charge in [0.25, 0.3) is 0 Å². The van der Waals surface area contributed by atoms with Gasteiger partial charge in [-0.05, 0) is 25.5 Å². The summed E-state index contributed by atoms with van der Waals surface area (Å²) in [5.74, 6) is 2.94. The molecule has 2 fully saturated rings. The highest BCUT2D eigenvalue weighted by atomic mass is 32.1. The van der Waals surface area contributed by atoms with E-state index in [4.69, 9.17) is 9.97 Å². The fourth-order valence-corrected chi connectivity index (χ4v) is 5.47. The lowest BCUT2D eigenvalue weighted by Crippen LogP contribution is -3.08. The van der Waals surface area contributed by atoms with Crippen LogP contribution in [0.2, 0.25) is 0 Å². The fraction of sp³-hybridized carbons (Fsp3) is 0.524. The molecule has 1 N–H and O–H groups in total. The number of likely N-dealkylation sites (tertiary alicyclic amines) is 1. The Kier molecular flexibility index (Phi) is 5.05. The Morgan fingerprint density at radius 1 is 0.966 bits per heavy atom. The van der Waals surface area contributed by atoms with Gasteiger partial charge < -0.3 is 14.7 Å². The average molecular weight is 411 g/mol. The number of anilines is 2. The van der Waals surface area contributed by atoms with Crippen LogP contribution in [0.4, 0.5) is 11.8 Å². The molecule has 5 heterocycles. The number of hydrogen-bond acceptors (Lipinski definition) is 7. The highest BCUT2D eigenvalue weighted by Gasteiger charge is 2.25. The van der Waals surface area contributed by atoms with Gasteiger partial charge >= 0.3 is 0 Å². The molecule has 3 aromatic heterocycles. The van der Waals surface area contributed by atoms with E-state index >= 15 is 0 Å². The molecule has 2 aliphatic rings. The molecule has 29 heavy (non-hydrogen) atoms. The maximum atomic E-state index is 5.11. The van der Waals surface area contributed by atoms with E-state index in [-0.39, 0.29) is 0 Å². The Labute approximate surface area is 175 Å². The number of thiophene rings is 1. The van der Waals surface area contributed by atoms with Crippen LogP contribution in [-0.2, 0) is 6.54 Å². The normalized spacial score (nSPS) is 18.1. The summed E-state index contributed by atoms with van der Waals surface area (Å²) in [6.07, 6.45) is 6.27. The highest BCUT2D eigenvalue weighted by molar-refractivity contribution is 7.18.